The molecule has 1 aromatic carbocycles. The van der Waals surface area contributed by atoms with Crippen molar-refractivity contribution < 1.29 is 18.3 Å². The molecule has 0 unspecified atom stereocenters. The average molecular weight is 505 g/mol. The van der Waals surface area contributed by atoms with Gasteiger partial charge in [0.25, 0.3) is 6.43 Å². The van der Waals surface area contributed by atoms with Gasteiger partial charge in [-0.1, -0.05) is 11.6 Å². The summed E-state index contributed by atoms with van der Waals surface area (Å²) in [6.45, 7) is 5.38. The van der Waals surface area contributed by atoms with Crippen LogP contribution < -0.4 is 5.32 Å². The fraction of sp³-hybridized carbons (Fsp3) is 0.458. The molecule has 0 radical (unpaired) electrons. The highest BCUT2D eigenvalue weighted by atomic mass is 35.5. The number of H-pyrrole nitrogens is 1. The molecule has 4 heterocycles. The largest absolute Gasteiger partial charge is 0.372 e. The standard InChI is InChI=1S/C24H27ClF2N6O2/c1-24(2)13-33(11-21-29-5-6-32(21)10-20(26)27)19(12-35-24)23(34)31-17-8-14(25)7-16-15-3-4-28-9-18(15)30-22(16)17/h3-4,7-9,19-20,30H,5-6,10-13H2,1-2H3,(H,31,34)/t19-/m0/s1. The number of aromatic amines is 1. The van der Waals surface area contributed by atoms with Crippen molar-refractivity contribution in [2.45, 2.75) is 31.9 Å². The number of aliphatic imine (C=N–C) groups is 1. The van der Waals surface area contributed by atoms with Crippen molar-refractivity contribution >= 4 is 50.8 Å². The fourth-order valence-electron chi connectivity index (χ4n) is 4.82. The van der Waals surface area contributed by atoms with Crippen molar-refractivity contribution in [1.29, 1.82) is 0 Å². The van der Waals surface area contributed by atoms with Gasteiger partial charge >= 0.3 is 0 Å². The first-order valence-electron chi connectivity index (χ1n) is 11.5. The van der Waals surface area contributed by atoms with Crippen LogP contribution in [-0.2, 0) is 9.53 Å². The number of aromatic nitrogens is 2. The maximum absolute atomic E-state index is 13.5. The molecule has 3 aromatic rings. The molecule has 0 aliphatic carbocycles. The minimum Gasteiger partial charge on any atom is -0.372 e. The lowest BCUT2D eigenvalue weighted by Crippen LogP contribution is -2.60. The lowest BCUT2D eigenvalue weighted by Gasteiger charge is -2.43. The highest BCUT2D eigenvalue weighted by molar-refractivity contribution is 6.33. The summed E-state index contributed by atoms with van der Waals surface area (Å²) in [5, 5.41) is 5.34. The topological polar surface area (TPSA) is 85.9 Å². The Balaban J connectivity index is 1.41. The summed E-state index contributed by atoms with van der Waals surface area (Å²) in [5.74, 6) is 0.314. The quantitative estimate of drug-likeness (QED) is 0.534. The molecule has 1 atom stereocenters. The normalized spacial score (nSPS) is 20.7. The number of fused-ring (bicyclic) bond motifs is 3. The number of amides is 1. The van der Waals surface area contributed by atoms with Gasteiger partial charge in [-0.15, -0.1) is 0 Å². The van der Waals surface area contributed by atoms with E-state index in [9.17, 15) is 13.6 Å². The van der Waals surface area contributed by atoms with E-state index < -0.39 is 18.1 Å². The first-order chi connectivity index (χ1) is 16.7. The van der Waals surface area contributed by atoms with Gasteiger partial charge in [0, 0.05) is 35.1 Å². The van der Waals surface area contributed by atoms with Gasteiger partial charge in [0.15, 0.2) is 0 Å². The van der Waals surface area contributed by atoms with E-state index in [4.69, 9.17) is 16.3 Å². The molecular formula is C24H27ClF2N6O2. The minimum absolute atomic E-state index is 0.168. The molecule has 0 saturated carbocycles. The molecule has 2 aromatic heterocycles. The summed E-state index contributed by atoms with van der Waals surface area (Å²) < 4.78 is 32.0. The zero-order valence-corrected chi connectivity index (χ0v) is 20.3. The monoisotopic (exact) mass is 504 g/mol. The SMILES string of the molecule is CC1(C)CN(CC2=NCCN2CC(F)F)[C@H](C(=O)Nc2cc(Cl)cc3c2[nH]c2cnccc23)CO1. The number of nitrogens with one attached hydrogen (secondary N) is 2. The molecule has 35 heavy (non-hydrogen) atoms. The Kier molecular flexibility index (Phi) is 6.37. The molecule has 2 aliphatic heterocycles. The van der Waals surface area contributed by atoms with Gasteiger partial charge < -0.3 is 19.9 Å². The number of morpholine rings is 1. The molecule has 1 fully saturated rings. The van der Waals surface area contributed by atoms with Gasteiger partial charge in [-0.25, -0.2) is 8.78 Å². The van der Waals surface area contributed by atoms with E-state index in [0.717, 1.165) is 21.8 Å². The molecule has 186 valence electrons. The maximum Gasteiger partial charge on any atom is 0.255 e. The molecule has 8 nitrogen and oxygen atoms in total. The van der Waals surface area contributed by atoms with E-state index in [1.54, 1.807) is 23.4 Å². The van der Waals surface area contributed by atoms with Gasteiger partial charge in [-0.3, -0.25) is 19.7 Å². The van der Waals surface area contributed by atoms with Crippen LogP contribution in [0.1, 0.15) is 13.8 Å². The zero-order chi connectivity index (χ0) is 24.7. The first-order valence-corrected chi connectivity index (χ1v) is 11.9. The number of carbonyl (C=O) groups is 1. The molecule has 2 aliphatic rings. The minimum atomic E-state index is -2.45. The Morgan fingerprint density at radius 2 is 2.20 bits per heavy atom. The number of halogens is 3. The Morgan fingerprint density at radius 3 is 3.00 bits per heavy atom. The van der Waals surface area contributed by atoms with Crippen LogP contribution in [0.3, 0.4) is 0 Å². The summed E-state index contributed by atoms with van der Waals surface area (Å²) in [4.78, 5) is 29.0. The lowest BCUT2D eigenvalue weighted by atomic mass is 10.0. The molecule has 5 rings (SSSR count). The number of rotatable bonds is 6. The van der Waals surface area contributed by atoms with Crippen molar-refractivity contribution in [3.8, 4) is 0 Å². The van der Waals surface area contributed by atoms with E-state index in [1.807, 2.05) is 30.9 Å². The van der Waals surface area contributed by atoms with Crippen LogP contribution in [0.2, 0.25) is 5.02 Å². The van der Waals surface area contributed by atoms with Crippen molar-refractivity contribution in [1.82, 2.24) is 19.8 Å². The first kappa shape index (κ1) is 23.9. The highest BCUT2D eigenvalue weighted by Gasteiger charge is 2.39. The molecule has 2 N–H and O–H groups in total. The maximum atomic E-state index is 13.5. The Hall–Kier alpha value is -2.82. The second-order valence-electron chi connectivity index (χ2n) is 9.54. The summed E-state index contributed by atoms with van der Waals surface area (Å²) in [6.07, 6.45) is 0.980. The Labute approximate surface area is 206 Å². The average Bonchev–Trinajstić information content (AvgIpc) is 3.37. The zero-order valence-electron chi connectivity index (χ0n) is 19.5. The van der Waals surface area contributed by atoms with Crippen LogP contribution in [0.5, 0.6) is 0 Å². The van der Waals surface area contributed by atoms with Crippen LogP contribution in [0.15, 0.2) is 35.6 Å². The molecule has 11 heteroatoms. The third kappa shape index (κ3) is 4.96. The molecule has 1 amide bonds. The third-order valence-corrected chi connectivity index (χ3v) is 6.64. The van der Waals surface area contributed by atoms with Crippen molar-refractivity contribution in [3.05, 3.63) is 35.6 Å². The molecule has 0 spiro atoms. The van der Waals surface area contributed by atoms with E-state index in [-0.39, 0.29) is 19.1 Å². The second-order valence-corrected chi connectivity index (χ2v) is 9.97. The highest BCUT2D eigenvalue weighted by Crippen LogP contribution is 2.33. The fourth-order valence-corrected chi connectivity index (χ4v) is 5.04. The van der Waals surface area contributed by atoms with Crippen molar-refractivity contribution in [2.24, 2.45) is 4.99 Å². The number of pyridine rings is 1. The van der Waals surface area contributed by atoms with Crippen LogP contribution in [0, 0.1) is 0 Å². The number of anilines is 1. The summed E-state index contributed by atoms with van der Waals surface area (Å²) in [7, 11) is 0. The number of amidine groups is 1. The lowest BCUT2D eigenvalue weighted by molar-refractivity contribution is -0.141. The van der Waals surface area contributed by atoms with Gasteiger partial charge in [0.1, 0.15) is 11.9 Å². The van der Waals surface area contributed by atoms with Gasteiger partial charge in [-0.2, -0.15) is 0 Å². The smallest absolute Gasteiger partial charge is 0.255 e. The number of ether oxygens (including phenoxy) is 1. The summed E-state index contributed by atoms with van der Waals surface area (Å²) >= 11 is 6.39. The number of nitrogens with zero attached hydrogens (tertiary/aromatic N) is 4. The van der Waals surface area contributed by atoms with Crippen LogP contribution >= 0.6 is 11.6 Å². The third-order valence-electron chi connectivity index (χ3n) is 6.42. The summed E-state index contributed by atoms with van der Waals surface area (Å²) in [6, 6.07) is 4.82. The van der Waals surface area contributed by atoms with Crippen LogP contribution in [-0.4, -0.2) is 88.9 Å². The van der Waals surface area contributed by atoms with Gasteiger partial charge in [0.05, 0.1) is 54.8 Å². The Morgan fingerprint density at radius 1 is 1.37 bits per heavy atom. The van der Waals surface area contributed by atoms with E-state index in [0.29, 0.717) is 42.7 Å². The van der Waals surface area contributed by atoms with Gasteiger partial charge in [-0.05, 0) is 32.0 Å². The van der Waals surface area contributed by atoms with Crippen LogP contribution in [0.25, 0.3) is 21.8 Å². The van der Waals surface area contributed by atoms with Crippen LogP contribution in [0.4, 0.5) is 14.5 Å². The van der Waals surface area contributed by atoms with E-state index in [1.165, 1.54) is 0 Å². The number of benzene rings is 1. The molecular weight excluding hydrogens is 478 g/mol. The predicted molar refractivity (Wildman–Crippen MR) is 133 cm³/mol. The van der Waals surface area contributed by atoms with Crippen molar-refractivity contribution in [3.63, 3.8) is 0 Å². The molecule has 0 bridgehead atoms. The van der Waals surface area contributed by atoms with E-state index in [2.05, 4.69) is 20.3 Å². The molecule has 1 saturated heterocycles. The number of hydrogen-bond acceptors (Lipinski definition) is 6. The Bertz CT molecular complexity index is 1290. The number of hydrogen-bond donors (Lipinski definition) is 2. The van der Waals surface area contributed by atoms with Crippen molar-refractivity contribution in [2.75, 3.05) is 44.6 Å². The number of alkyl halides is 2. The summed E-state index contributed by atoms with van der Waals surface area (Å²) in [5.41, 5.74) is 1.65. The second kappa shape index (κ2) is 9.33. The predicted octanol–water partition coefficient (Wildman–Crippen LogP) is 3.77. The number of carbonyl (C=O) groups excluding carboxylic acids is 1. The van der Waals surface area contributed by atoms with Gasteiger partial charge in [0.2, 0.25) is 5.91 Å². The van der Waals surface area contributed by atoms with E-state index >= 15 is 0 Å².